The molecule has 0 saturated heterocycles. The Hall–Kier alpha value is -2.70. The quantitative estimate of drug-likeness (QED) is 0.772. The number of hydrogen-bond acceptors (Lipinski definition) is 6. The van der Waals surface area contributed by atoms with Crippen molar-refractivity contribution in [2.45, 2.75) is 19.9 Å². The highest BCUT2D eigenvalue weighted by molar-refractivity contribution is 5.58. The van der Waals surface area contributed by atoms with E-state index in [1.807, 2.05) is 12.3 Å². The molecule has 0 aromatic carbocycles. The highest BCUT2D eigenvalue weighted by Gasteiger charge is 2.12. The van der Waals surface area contributed by atoms with Crippen LogP contribution in [0.25, 0.3) is 11.4 Å². The Kier molecular flexibility index (Phi) is 3.16. The summed E-state index contributed by atoms with van der Waals surface area (Å²) in [6.07, 6.45) is 7.70. The van der Waals surface area contributed by atoms with Gasteiger partial charge in [0, 0.05) is 24.2 Å². The number of nitrogens with two attached hydrogens (primary N) is 1. The van der Waals surface area contributed by atoms with Gasteiger partial charge in [-0.3, -0.25) is 9.67 Å². The van der Waals surface area contributed by atoms with Gasteiger partial charge in [-0.2, -0.15) is 10.1 Å². The van der Waals surface area contributed by atoms with E-state index in [0.29, 0.717) is 23.9 Å². The van der Waals surface area contributed by atoms with Gasteiger partial charge in [-0.05, 0) is 18.1 Å². The van der Waals surface area contributed by atoms with Crippen LogP contribution in [0.5, 0.6) is 0 Å². The molecule has 7 nitrogen and oxygen atoms in total. The molecule has 0 fully saturated rings. The van der Waals surface area contributed by atoms with Gasteiger partial charge in [-0.1, -0.05) is 12.1 Å². The summed E-state index contributed by atoms with van der Waals surface area (Å²) in [5.74, 6) is 1.06. The Bertz CT molecular complexity index is 717. The molecule has 3 rings (SSSR count). The zero-order chi connectivity index (χ0) is 13.9. The number of rotatable bonds is 4. The first-order valence-electron chi connectivity index (χ1n) is 6.30. The molecule has 102 valence electrons. The molecular formula is C13H14N6O. The van der Waals surface area contributed by atoms with Crippen molar-refractivity contribution in [3.63, 3.8) is 0 Å². The first-order valence-corrected chi connectivity index (χ1v) is 6.30. The molecule has 0 spiro atoms. The predicted octanol–water partition coefficient (Wildman–Crippen LogP) is 1.52. The molecular weight excluding hydrogens is 256 g/mol. The van der Waals surface area contributed by atoms with Crippen LogP contribution in [0.1, 0.15) is 18.4 Å². The summed E-state index contributed by atoms with van der Waals surface area (Å²) in [7, 11) is 0. The number of hydrogen-bond donors (Lipinski definition) is 1. The van der Waals surface area contributed by atoms with Gasteiger partial charge in [0.2, 0.25) is 11.7 Å². The second-order valence-corrected chi connectivity index (χ2v) is 4.37. The van der Waals surface area contributed by atoms with E-state index < -0.39 is 0 Å². The predicted molar refractivity (Wildman–Crippen MR) is 72.6 cm³/mol. The van der Waals surface area contributed by atoms with Gasteiger partial charge in [0.15, 0.2) is 0 Å². The van der Waals surface area contributed by atoms with Crippen LogP contribution in [0.4, 0.5) is 5.69 Å². The number of aromatic nitrogens is 5. The Balaban J connectivity index is 1.86. The lowest BCUT2D eigenvalue weighted by molar-refractivity contribution is 0.366. The molecule has 0 saturated carbocycles. The number of nitrogens with zero attached hydrogens (tertiary/aromatic N) is 5. The van der Waals surface area contributed by atoms with E-state index >= 15 is 0 Å². The minimum Gasteiger partial charge on any atom is -0.396 e. The maximum atomic E-state index is 5.61. The minimum atomic E-state index is 0.400. The Labute approximate surface area is 115 Å². The molecule has 0 aliphatic rings. The summed E-state index contributed by atoms with van der Waals surface area (Å²) < 4.78 is 6.90. The Morgan fingerprint density at radius 1 is 1.35 bits per heavy atom. The molecule has 0 unspecified atom stereocenters. The van der Waals surface area contributed by atoms with Gasteiger partial charge >= 0.3 is 0 Å². The van der Waals surface area contributed by atoms with Crippen LogP contribution in [0.2, 0.25) is 0 Å². The lowest BCUT2D eigenvalue weighted by Gasteiger charge is -2.00. The molecule has 0 aliphatic carbocycles. The number of pyridine rings is 1. The Morgan fingerprint density at radius 3 is 3.00 bits per heavy atom. The number of aryl methyl sites for hydroxylation is 1. The van der Waals surface area contributed by atoms with Crippen molar-refractivity contribution in [2.24, 2.45) is 0 Å². The molecule has 0 aliphatic heterocycles. The molecule has 20 heavy (non-hydrogen) atoms. The lowest BCUT2D eigenvalue weighted by Crippen LogP contribution is -2.00. The molecule has 3 aromatic rings. The van der Waals surface area contributed by atoms with Crippen LogP contribution in [0.3, 0.4) is 0 Å². The van der Waals surface area contributed by atoms with Crippen molar-refractivity contribution < 1.29 is 4.52 Å². The fraction of sp³-hybridized carbons (Fsp3) is 0.231. The van der Waals surface area contributed by atoms with Gasteiger partial charge in [0.1, 0.15) is 6.54 Å². The number of anilines is 1. The second-order valence-electron chi connectivity index (χ2n) is 4.37. The first-order chi connectivity index (χ1) is 9.76. The molecule has 7 heteroatoms. The Morgan fingerprint density at radius 2 is 2.25 bits per heavy atom. The van der Waals surface area contributed by atoms with Gasteiger partial charge in [0.05, 0.1) is 11.9 Å². The topological polar surface area (TPSA) is 95.7 Å². The van der Waals surface area contributed by atoms with Gasteiger partial charge in [-0.25, -0.2) is 0 Å². The molecule has 2 N–H and O–H groups in total. The molecule has 3 heterocycles. The van der Waals surface area contributed by atoms with Crippen LogP contribution in [0, 0.1) is 0 Å². The minimum absolute atomic E-state index is 0.400. The van der Waals surface area contributed by atoms with Crippen LogP contribution < -0.4 is 5.73 Å². The van der Waals surface area contributed by atoms with Crippen molar-refractivity contribution in [3.8, 4) is 11.4 Å². The van der Waals surface area contributed by atoms with E-state index in [2.05, 4.69) is 27.1 Å². The van der Waals surface area contributed by atoms with E-state index in [1.54, 1.807) is 23.3 Å². The normalized spacial score (nSPS) is 10.8. The number of nitrogen functional groups attached to an aromatic ring is 1. The van der Waals surface area contributed by atoms with Crippen molar-refractivity contribution in [1.82, 2.24) is 24.9 Å². The van der Waals surface area contributed by atoms with Crippen LogP contribution >= 0.6 is 0 Å². The van der Waals surface area contributed by atoms with Crippen molar-refractivity contribution in [1.29, 1.82) is 0 Å². The third-order valence-electron chi connectivity index (χ3n) is 2.94. The highest BCUT2D eigenvalue weighted by Crippen LogP contribution is 2.20. The van der Waals surface area contributed by atoms with Crippen molar-refractivity contribution in [3.05, 3.63) is 42.3 Å². The summed E-state index contributed by atoms with van der Waals surface area (Å²) >= 11 is 0. The van der Waals surface area contributed by atoms with Crippen LogP contribution in [0.15, 0.2) is 35.4 Å². The summed E-state index contributed by atoms with van der Waals surface area (Å²) in [5, 5.41) is 8.09. The van der Waals surface area contributed by atoms with Crippen molar-refractivity contribution in [2.75, 3.05) is 5.73 Å². The maximum Gasteiger partial charge on any atom is 0.248 e. The van der Waals surface area contributed by atoms with E-state index in [4.69, 9.17) is 10.3 Å². The fourth-order valence-corrected chi connectivity index (χ4v) is 1.96. The second kappa shape index (κ2) is 5.12. The molecule has 0 amide bonds. The fourth-order valence-electron chi connectivity index (χ4n) is 1.96. The third kappa shape index (κ3) is 2.37. The smallest absolute Gasteiger partial charge is 0.248 e. The summed E-state index contributed by atoms with van der Waals surface area (Å²) in [5.41, 5.74) is 8.24. The monoisotopic (exact) mass is 270 g/mol. The summed E-state index contributed by atoms with van der Waals surface area (Å²) in [4.78, 5) is 8.49. The highest BCUT2D eigenvalue weighted by atomic mass is 16.5. The van der Waals surface area contributed by atoms with E-state index in [9.17, 15) is 0 Å². The van der Waals surface area contributed by atoms with Crippen LogP contribution in [-0.2, 0) is 13.0 Å². The lowest BCUT2D eigenvalue weighted by atomic mass is 10.1. The molecule has 0 atom stereocenters. The molecule has 0 radical (unpaired) electrons. The van der Waals surface area contributed by atoms with E-state index in [-0.39, 0.29) is 0 Å². The zero-order valence-electron chi connectivity index (χ0n) is 11.0. The van der Waals surface area contributed by atoms with Crippen molar-refractivity contribution >= 4 is 5.69 Å². The van der Waals surface area contributed by atoms with Gasteiger partial charge < -0.3 is 10.3 Å². The van der Waals surface area contributed by atoms with Gasteiger partial charge in [0.25, 0.3) is 0 Å². The van der Waals surface area contributed by atoms with Crippen LogP contribution in [-0.4, -0.2) is 24.9 Å². The van der Waals surface area contributed by atoms with E-state index in [0.717, 1.165) is 17.5 Å². The van der Waals surface area contributed by atoms with E-state index in [1.165, 1.54) is 0 Å². The average Bonchev–Trinajstić information content (AvgIpc) is 3.08. The standard InChI is InChI=1S/C13H14N6O/c1-2-9-5-15-4-3-11(9)13-17-12(20-18-13)8-19-7-10(14)6-16-19/h3-7H,2,8,14H2,1H3. The summed E-state index contributed by atoms with van der Waals surface area (Å²) in [6, 6.07) is 1.89. The summed E-state index contributed by atoms with van der Waals surface area (Å²) in [6.45, 7) is 2.46. The largest absolute Gasteiger partial charge is 0.396 e. The van der Waals surface area contributed by atoms with Gasteiger partial charge in [-0.15, -0.1) is 0 Å². The SMILES string of the molecule is CCc1cnccc1-c1noc(Cn2cc(N)cn2)n1. The molecule has 0 bridgehead atoms. The average molecular weight is 270 g/mol. The zero-order valence-corrected chi connectivity index (χ0v) is 11.0. The molecule has 3 aromatic heterocycles. The third-order valence-corrected chi connectivity index (χ3v) is 2.94. The maximum absolute atomic E-state index is 5.61. The first kappa shape index (κ1) is 12.3.